The van der Waals surface area contributed by atoms with Gasteiger partial charge in [-0.2, -0.15) is 5.10 Å². The largest absolute Gasteiger partial charge is 0.497 e. The molecule has 29 heavy (non-hydrogen) atoms. The zero-order valence-corrected chi connectivity index (χ0v) is 20.4. The van der Waals surface area contributed by atoms with Crippen LogP contribution in [0, 0.1) is 0 Å². The van der Waals surface area contributed by atoms with Crippen LogP contribution in [0.3, 0.4) is 0 Å². The summed E-state index contributed by atoms with van der Waals surface area (Å²) in [4.78, 5) is 0. The summed E-state index contributed by atoms with van der Waals surface area (Å²) in [5, 5.41) is 14.7. The molecule has 2 aromatic rings. The lowest BCUT2D eigenvalue weighted by Crippen LogP contribution is -2.54. The zero-order valence-electron chi connectivity index (χ0n) is 18.6. The Hall–Kier alpha value is -1.68. The molecule has 1 aromatic heterocycles. The molecule has 1 aromatic carbocycles. The summed E-state index contributed by atoms with van der Waals surface area (Å²) < 4.78 is 35.8. The van der Waals surface area contributed by atoms with Crippen LogP contribution in [0.5, 0.6) is 5.75 Å². The summed E-state index contributed by atoms with van der Waals surface area (Å²) in [5.41, 5.74) is 0.106. The molecule has 0 bridgehead atoms. The highest BCUT2D eigenvalue weighted by Gasteiger charge is 2.40. The number of methoxy groups -OCH3 is 1. The van der Waals surface area contributed by atoms with E-state index in [0.717, 1.165) is 11.3 Å². The highest BCUT2D eigenvalue weighted by Crippen LogP contribution is 2.35. The van der Waals surface area contributed by atoms with Crippen molar-refractivity contribution in [1.82, 2.24) is 14.2 Å². The molecule has 0 fully saturated rings. The van der Waals surface area contributed by atoms with Crippen molar-refractivity contribution in [2.24, 2.45) is 0 Å². The van der Waals surface area contributed by atoms with Gasteiger partial charge in [-0.25, -0.2) is 12.8 Å². The Bertz CT molecular complexity index is 953. The molecule has 0 aliphatic carbocycles. The van der Waals surface area contributed by atoms with Gasteiger partial charge in [0.15, 0.2) is 5.03 Å². The average molecular weight is 440 g/mol. The molecule has 0 spiro atoms. The molecule has 0 saturated heterocycles. The second kappa shape index (κ2) is 7.86. The van der Waals surface area contributed by atoms with E-state index in [-0.39, 0.29) is 10.1 Å². The fourth-order valence-corrected chi connectivity index (χ4v) is 7.39. The number of aromatic nitrogens is 2. The van der Waals surface area contributed by atoms with Crippen LogP contribution in [0.4, 0.5) is 0 Å². The van der Waals surface area contributed by atoms with Gasteiger partial charge in [-0.1, -0.05) is 46.0 Å². The first-order valence-corrected chi connectivity index (χ1v) is 14.0. The molecule has 0 aliphatic rings. The summed E-state index contributed by atoms with van der Waals surface area (Å²) in [6.07, 6.45) is 0. The summed E-state index contributed by atoms with van der Waals surface area (Å²) >= 11 is 0. The number of aliphatic hydroxyl groups is 1. The molecule has 0 atom stereocenters. The third-order valence-corrected chi connectivity index (χ3v) is 13.0. The minimum absolute atomic E-state index is 0.0760. The van der Waals surface area contributed by atoms with Gasteiger partial charge in [-0.05, 0) is 36.6 Å². The van der Waals surface area contributed by atoms with Gasteiger partial charge in [0.25, 0.3) is 10.0 Å². The van der Waals surface area contributed by atoms with Crippen LogP contribution in [0.25, 0.3) is 0 Å². The fourth-order valence-electron chi connectivity index (χ4n) is 2.58. The van der Waals surface area contributed by atoms with Crippen molar-refractivity contribution in [2.75, 3.05) is 7.11 Å². The number of rotatable bonds is 7. The maximum Gasteiger partial charge on any atom is 0.253 e. The van der Waals surface area contributed by atoms with E-state index in [4.69, 9.17) is 4.74 Å². The number of hydrogen-bond acceptors (Lipinski definition) is 5. The van der Waals surface area contributed by atoms with Gasteiger partial charge < -0.3 is 9.84 Å². The van der Waals surface area contributed by atoms with E-state index in [9.17, 15) is 13.5 Å². The van der Waals surface area contributed by atoms with Crippen molar-refractivity contribution in [2.45, 2.75) is 69.9 Å². The molecule has 0 amide bonds. The van der Waals surface area contributed by atoms with E-state index in [1.54, 1.807) is 25.6 Å². The molecule has 9 heteroatoms. The van der Waals surface area contributed by atoms with Crippen molar-refractivity contribution < 1.29 is 18.3 Å². The lowest BCUT2D eigenvalue weighted by molar-refractivity contribution is 0.0688. The van der Waals surface area contributed by atoms with E-state index in [0.29, 0.717) is 12.2 Å². The van der Waals surface area contributed by atoms with Crippen LogP contribution >= 0.6 is 0 Å². The van der Waals surface area contributed by atoms with Crippen molar-refractivity contribution in [1.29, 1.82) is 0 Å². The number of nitrogens with one attached hydrogen (secondary N) is 1. The SMILES string of the molecule is COc1ccc(Cn2nc(S(=O)(=O)N[Si](C)(C)C(C)(C)C)cc2C(C)(C)O)cc1. The molecule has 7 nitrogen and oxygen atoms in total. The molecule has 0 aliphatic heterocycles. The maximum atomic E-state index is 13.1. The predicted octanol–water partition coefficient (Wildman–Crippen LogP) is 3.45. The first-order valence-electron chi connectivity index (χ1n) is 9.54. The van der Waals surface area contributed by atoms with Crippen molar-refractivity contribution in [3.05, 3.63) is 41.6 Å². The number of benzene rings is 1. The fraction of sp³-hybridized carbons (Fsp3) is 0.550. The lowest BCUT2D eigenvalue weighted by Gasteiger charge is -2.36. The van der Waals surface area contributed by atoms with Crippen LogP contribution in [-0.4, -0.2) is 38.7 Å². The van der Waals surface area contributed by atoms with Gasteiger partial charge in [0.2, 0.25) is 0 Å². The van der Waals surface area contributed by atoms with E-state index >= 15 is 0 Å². The molecule has 162 valence electrons. The molecule has 2 N–H and O–H groups in total. The van der Waals surface area contributed by atoms with Gasteiger partial charge in [-0.3, -0.25) is 4.68 Å². The summed E-state index contributed by atoms with van der Waals surface area (Å²) in [7, 11) is -4.54. The minimum Gasteiger partial charge on any atom is -0.497 e. The van der Waals surface area contributed by atoms with Crippen LogP contribution < -0.4 is 9.12 Å². The third-order valence-electron chi connectivity index (χ3n) is 5.42. The van der Waals surface area contributed by atoms with Gasteiger partial charge in [0, 0.05) is 6.07 Å². The molecule has 2 rings (SSSR count). The van der Waals surface area contributed by atoms with Gasteiger partial charge in [-0.15, -0.1) is 0 Å². The standard InChI is InChI=1S/C20H33N3O4SSi/c1-19(2,3)29(7,8)22-28(25,26)18-13-17(20(4,5)24)23(21-18)14-15-9-11-16(27-6)12-10-15/h9-13,22,24H,14H2,1-8H3. The molecule has 0 unspecified atom stereocenters. The number of ether oxygens (including phenoxy) is 1. The Labute approximate surface area is 175 Å². The Balaban J connectivity index is 2.44. The normalized spacial score (nSPS) is 13.6. The van der Waals surface area contributed by atoms with Crippen LogP contribution in [0.1, 0.15) is 45.9 Å². The van der Waals surface area contributed by atoms with E-state index in [1.165, 1.54) is 6.07 Å². The van der Waals surface area contributed by atoms with Gasteiger partial charge in [0.1, 0.15) is 19.6 Å². The predicted molar refractivity (Wildman–Crippen MR) is 117 cm³/mol. The molecular weight excluding hydrogens is 406 g/mol. The third kappa shape index (κ3) is 5.47. The highest BCUT2D eigenvalue weighted by molar-refractivity contribution is 7.90. The van der Waals surface area contributed by atoms with E-state index in [2.05, 4.69) is 9.49 Å². The van der Waals surface area contributed by atoms with Gasteiger partial charge in [0.05, 0.1) is 19.3 Å². The summed E-state index contributed by atoms with van der Waals surface area (Å²) in [5.74, 6) is 0.735. The highest BCUT2D eigenvalue weighted by atomic mass is 32.2. The van der Waals surface area contributed by atoms with Gasteiger partial charge >= 0.3 is 0 Å². The van der Waals surface area contributed by atoms with E-state index < -0.39 is 23.9 Å². The van der Waals surface area contributed by atoms with Crippen LogP contribution in [-0.2, 0) is 22.2 Å². The molecule has 0 saturated carbocycles. The van der Waals surface area contributed by atoms with E-state index in [1.807, 2.05) is 58.1 Å². The summed E-state index contributed by atoms with van der Waals surface area (Å²) in [6, 6.07) is 8.89. The second-order valence-electron chi connectivity index (χ2n) is 9.41. The number of nitrogens with zero attached hydrogens (tertiary/aromatic N) is 2. The average Bonchev–Trinajstić information content (AvgIpc) is 2.98. The quantitative estimate of drug-likeness (QED) is 0.645. The van der Waals surface area contributed by atoms with Crippen molar-refractivity contribution in [3.63, 3.8) is 0 Å². The Morgan fingerprint density at radius 3 is 2.14 bits per heavy atom. The Kier molecular flexibility index (Phi) is 6.40. The minimum atomic E-state index is -3.82. The maximum absolute atomic E-state index is 13.1. The molecule has 0 radical (unpaired) electrons. The molecule has 1 heterocycles. The number of sulfonamides is 1. The Morgan fingerprint density at radius 1 is 1.14 bits per heavy atom. The monoisotopic (exact) mass is 439 g/mol. The second-order valence-corrected chi connectivity index (χ2v) is 16.4. The van der Waals surface area contributed by atoms with Crippen molar-refractivity contribution >= 4 is 18.3 Å². The smallest absolute Gasteiger partial charge is 0.253 e. The first-order chi connectivity index (χ1) is 13.1. The summed E-state index contributed by atoms with van der Waals surface area (Å²) in [6.45, 7) is 13.6. The molecular formula is C20H33N3O4SSi. The lowest BCUT2D eigenvalue weighted by atomic mass is 10.1. The van der Waals surface area contributed by atoms with Crippen molar-refractivity contribution in [3.8, 4) is 5.75 Å². The first kappa shape index (κ1) is 23.6. The number of hydrogen-bond donors (Lipinski definition) is 2. The topological polar surface area (TPSA) is 93.5 Å². The van der Waals surface area contributed by atoms with Crippen LogP contribution in [0.15, 0.2) is 35.4 Å². The van der Waals surface area contributed by atoms with Crippen LogP contribution in [0.2, 0.25) is 18.1 Å². The zero-order chi connectivity index (χ0) is 22.3. The Morgan fingerprint density at radius 2 is 1.69 bits per heavy atom.